The van der Waals surface area contributed by atoms with Gasteiger partial charge in [-0.3, -0.25) is 4.79 Å². The van der Waals surface area contributed by atoms with E-state index in [1.807, 2.05) is 0 Å². The molecule has 0 aliphatic rings. The first-order valence-electron chi connectivity index (χ1n) is 9.34. The van der Waals surface area contributed by atoms with Crippen LogP contribution in [0.1, 0.15) is 22.4 Å². The summed E-state index contributed by atoms with van der Waals surface area (Å²) in [5.41, 5.74) is 1.13. The maximum absolute atomic E-state index is 13.0. The van der Waals surface area contributed by atoms with Crippen LogP contribution in [0.2, 0.25) is 0 Å². The first-order chi connectivity index (χ1) is 15.3. The number of nitrogens with zero attached hydrogens (tertiary/aromatic N) is 4. The molecule has 0 saturated carbocycles. The number of fused-ring (bicyclic) bond motifs is 1. The van der Waals surface area contributed by atoms with E-state index in [4.69, 9.17) is 9.68 Å². The zero-order valence-electron chi connectivity index (χ0n) is 16.3. The topological polar surface area (TPSA) is 105 Å². The fourth-order valence-corrected chi connectivity index (χ4v) is 4.00. The van der Waals surface area contributed by atoms with E-state index in [0.29, 0.717) is 21.7 Å². The quantitative estimate of drug-likeness (QED) is 0.437. The van der Waals surface area contributed by atoms with E-state index in [0.717, 1.165) is 16.8 Å². The van der Waals surface area contributed by atoms with Gasteiger partial charge in [0.15, 0.2) is 0 Å². The van der Waals surface area contributed by atoms with Gasteiger partial charge in [0.1, 0.15) is 18.0 Å². The minimum absolute atomic E-state index is 0.103. The van der Waals surface area contributed by atoms with E-state index in [2.05, 4.69) is 20.5 Å². The molecule has 0 bridgehead atoms. The molecule has 2 aromatic carbocycles. The SMILES string of the molecule is N#CCNC(=O)Cc1nnc(Cc2nc3ccc(-c4cccc(C(F)(F)F)c4)cc3s2)o1. The molecule has 7 nitrogen and oxygen atoms in total. The Balaban J connectivity index is 1.51. The van der Waals surface area contributed by atoms with Crippen LogP contribution >= 0.6 is 11.3 Å². The van der Waals surface area contributed by atoms with Crippen molar-refractivity contribution < 1.29 is 22.4 Å². The molecule has 4 aromatic rings. The third-order valence-electron chi connectivity index (χ3n) is 4.44. The number of alkyl halides is 3. The van der Waals surface area contributed by atoms with Crippen molar-refractivity contribution in [2.75, 3.05) is 6.54 Å². The maximum atomic E-state index is 13.0. The van der Waals surface area contributed by atoms with Crippen LogP contribution in [-0.4, -0.2) is 27.6 Å². The number of amides is 1. The molecule has 11 heteroatoms. The van der Waals surface area contributed by atoms with E-state index < -0.39 is 17.6 Å². The molecule has 1 amide bonds. The standard InChI is InChI=1S/C21H14F3N5O2S/c22-21(23,24)14-3-1-2-12(8-14)13-4-5-15-16(9-13)32-20(27-15)11-19-29-28-18(31-19)10-17(30)26-7-6-25/h1-5,8-9H,7,10-11H2,(H,26,30). The summed E-state index contributed by atoms with van der Waals surface area (Å²) >= 11 is 1.37. The Morgan fingerprint density at radius 2 is 1.91 bits per heavy atom. The molecular weight excluding hydrogens is 443 g/mol. The highest BCUT2D eigenvalue weighted by molar-refractivity contribution is 7.18. The molecule has 2 aromatic heterocycles. The molecule has 0 radical (unpaired) electrons. The molecule has 0 saturated heterocycles. The lowest BCUT2D eigenvalue weighted by Crippen LogP contribution is -2.25. The molecule has 32 heavy (non-hydrogen) atoms. The third-order valence-corrected chi connectivity index (χ3v) is 5.46. The summed E-state index contributed by atoms with van der Waals surface area (Å²) in [6.45, 7) is -0.103. The number of aromatic nitrogens is 3. The summed E-state index contributed by atoms with van der Waals surface area (Å²) < 4.78 is 45.3. The Bertz CT molecular complexity index is 1320. The summed E-state index contributed by atoms with van der Waals surface area (Å²) in [7, 11) is 0. The van der Waals surface area contributed by atoms with Gasteiger partial charge in [0, 0.05) is 0 Å². The molecule has 0 fully saturated rings. The van der Waals surface area contributed by atoms with Crippen LogP contribution < -0.4 is 5.32 Å². The van der Waals surface area contributed by atoms with E-state index in [1.165, 1.54) is 17.4 Å². The Morgan fingerprint density at radius 3 is 2.69 bits per heavy atom. The van der Waals surface area contributed by atoms with Crippen molar-refractivity contribution in [3.63, 3.8) is 0 Å². The van der Waals surface area contributed by atoms with E-state index >= 15 is 0 Å². The van der Waals surface area contributed by atoms with Crippen LogP contribution in [0, 0.1) is 11.3 Å². The van der Waals surface area contributed by atoms with Crippen molar-refractivity contribution in [1.29, 1.82) is 5.26 Å². The Morgan fingerprint density at radius 1 is 1.12 bits per heavy atom. The zero-order valence-corrected chi connectivity index (χ0v) is 17.1. The van der Waals surface area contributed by atoms with Gasteiger partial charge in [-0.2, -0.15) is 18.4 Å². The first kappa shape index (κ1) is 21.5. The molecule has 2 heterocycles. The molecule has 0 atom stereocenters. The summed E-state index contributed by atoms with van der Waals surface area (Å²) in [4.78, 5) is 16.1. The molecule has 4 rings (SSSR count). The predicted octanol–water partition coefficient (Wildman–Crippen LogP) is 4.14. The number of nitriles is 1. The number of halogens is 3. The molecule has 162 valence electrons. The van der Waals surface area contributed by atoms with Crippen LogP contribution in [0.5, 0.6) is 0 Å². The second-order valence-corrected chi connectivity index (χ2v) is 7.86. The minimum Gasteiger partial charge on any atom is -0.424 e. The molecule has 0 spiro atoms. The van der Waals surface area contributed by atoms with Gasteiger partial charge in [0.25, 0.3) is 0 Å². The van der Waals surface area contributed by atoms with Crippen molar-refractivity contribution in [3.8, 4) is 17.2 Å². The lowest BCUT2D eigenvalue weighted by Gasteiger charge is -2.08. The highest BCUT2D eigenvalue weighted by Crippen LogP contribution is 2.34. The van der Waals surface area contributed by atoms with Crippen LogP contribution in [0.25, 0.3) is 21.3 Å². The second kappa shape index (κ2) is 8.76. The van der Waals surface area contributed by atoms with Gasteiger partial charge in [-0.15, -0.1) is 21.5 Å². The van der Waals surface area contributed by atoms with Crippen LogP contribution in [-0.2, 0) is 23.8 Å². The number of benzene rings is 2. The van der Waals surface area contributed by atoms with Gasteiger partial charge in [-0.1, -0.05) is 18.2 Å². The van der Waals surface area contributed by atoms with Crippen molar-refractivity contribution >= 4 is 27.5 Å². The molecule has 0 unspecified atom stereocenters. The Labute approximate surface area is 183 Å². The monoisotopic (exact) mass is 457 g/mol. The van der Waals surface area contributed by atoms with Gasteiger partial charge in [-0.05, 0) is 35.4 Å². The van der Waals surface area contributed by atoms with Gasteiger partial charge >= 0.3 is 6.18 Å². The van der Waals surface area contributed by atoms with Crippen LogP contribution in [0.15, 0.2) is 46.9 Å². The highest BCUT2D eigenvalue weighted by Gasteiger charge is 2.30. The van der Waals surface area contributed by atoms with Crippen molar-refractivity contribution in [3.05, 3.63) is 64.8 Å². The average Bonchev–Trinajstić information content (AvgIpc) is 3.37. The Hall–Kier alpha value is -3.78. The zero-order chi connectivity index (χ0) is 22.7. The number of carbonyl (C=O) groups is 1. The van der Waals surface area contributed by atoms with Crippen LogP contribution in [0.3, 0.4) is 0 Å². The summed E-state index contributed by atoms with van der Waals surface area (Å²) in [5.74, 6) is 0.0116. The largest absolute Gasteiger partial charge is 0.424 e. The van der Waals surface area contributed by atoms with Crippen molar-refractivity contribution in [1.82, 2.24) is 20.5 Å². The minimum atomic E-state index is -4.41. The summed E-state index contributed by atoms with van der Waals surface area (Å²) in [6, 6.07) is 12.3. The van der Waals surface area contributed by atoms with E-state index in [9.17, 15) is 18.0 Å². The second-order valence-electron chi connectivity index (χ2n) is 6.75. The summed E-state index contributed by atoms with van der Waals surface area (Å²) in [6.07, 6.45) is -4.28. The van der Waals surface area contributed by atoms with Crippen molar-refractivity contribution in [2.24, 2.45) is 0 Å². The van der Waals surface area contributed by atoms with Crippen LogP contribution in [0.4, 0.5) is 13.2 Å². The highest BCUT2D eigenvalue weighted by atomic mass is 32.1. The summed E-state index contributed by atoms with van der Waals surface area (Å²) in [5, 5.41) is 19.3. The fraction of sp³-hybridized carbons (Fsp3) is 0.190. The molecular formula is C21H14F3N5O2S. The number of carbonyl (C=O) groups excluding carboxylic acids is 1. The van der Waals surface area contributed by atoms with Gasteiger partial charge < -0.3 is 9.73 Å². The molecule has 0 aliphatic carbocycles. The molecule has 1 N–H and O–H groups in total. The maximum Gasteiger partial charge on any atom is 0.416 e. The number of rotatable bonds is 6. The molecule has 0 aliphatic heterocycles. The van der Waals surface area contributed by atoms with Gasteiger partial charge in [0.2, 0.25) is 17.7 Å². The Kier molecular flexibility index (Phi) is 5.87. The number of hydrogen-bond acceptors (Lipinski definition) is 7. The third kappa shape index (κ3) is 4.92. The number of thiazole rings is 1. The lowest BCUT2D eigenvalue weighted by molar-refractivity contribution is -0.137. The van der Waals surface area contributed by atoms with Crippen molar-refractivity contribution in [2.45, 2.75) is 19.0 Å². The normalized spacial score (nSPS) is 11.4. The van der Waals surface area contributed by atoms with Gasteiger partial charge in [-0.25, -0.2) is 4.98 Å². The smallest absolute Gasteiger partial charge is 0.416 e. The lowest BCUT2D eigenvalue weighted by atomic mass is 10.0. The van der Waals surface area contributed by atoms with E-state index in [-0.39, 0.29) is 31.2 Å². The number of nitrogens with one attached hydrogen (secondary N) is 1. The number of hydrogen-bond donors (Lipinski definition) is 1. The average molecular weight is 457 g/mol. The van der Waals surface area contributed by atoms with Gasteiger partial charge in [0.05, 0.1) is 28.3 Å². The predicted molar refractivity (Wildman–Crippen MR) is 109 cm³/mol. The first-order valence-corrected chi connectivity index (χ1v) is 10.2. The van der Waals surface area contributed by atoms with E-state index in [1.54, 1.807) is 30.3 Å². The fourth-order valence-electron chi connectivity index (χ4n) is 3.00.